The molecule has 0 aliphatic carbocycles. The molecular weight excluding hydrogens is 282 g/mol. The van der Waals surface area contributed by atoms with Gasteiger partial charge in [0.15, 0.2) is 0 Å². The number of aromatic nitrogens is 2. The van der Waals surface area contributed by atoms with Crippen LogP contribution in [0.3, 0.4) is 0 Å². The minimum Gasteiger partial charge on any atom is -0.481 e. The third-order valence-corrected chi connectivity index (χ3v) is 3.14. The number of carbonyl (C=O) groups excluding carboxylic acids is 1. The highest BCUT2D eigenvalue weighted by Crippen LogP contribution is 2.19. The lowest BCUT2D eigenvalue weighted by Gasteiger charge is -2.12. The Balaban J connectivity index is 2.12. The van der Waals surface area contributed by atoms with Crippen LogP contribution in [-0.4, -0.2) is 33.5 Å². The smallest absolute Gasteiger partial charge is 0.303 e. The molecule has 0 saturated heterocycles. The van der Waals surface area contributed by atoms with Gasteiger partial charge in [0.1, 0.15) is 6.33 Å². The Morgan fingerprint density at radius 1 is 1.27 bits per heavy atom. The highest BCUT2D eigenvalue weighted by molar-refractivity contribution is 5.99. The summed E-state index contributed by atoms with van der Waals surface area (Å²) in [5.41, 5.74) is 1.75. The zero-order chi connectivity index (χ0) is 15.9. The number of carboxylic acids is 1. The SMILES string of the molecule is CC(CNC(=O)c1cncnc1-c1ccccc1)CC(=O)O. The highest BCUT2D eigenvalue weighted by atomic mass is 16.4. The first-order valence-corrected chi connectivity index (χ1v) is 6.93. The Hall–Kier alpha value is -2.76. The standard InChI is InChI=1S/C16H17N3O3/c1-11(7-14(20)21)8-18-16(22)13-9-17-10-19-15(13)12-5-3-2-4-6-12/h2-6,9-11H,7-8H2,1H3,(H,18,22)(H,20,21). The topological polar surface area (TPSA) is 92.2 Å². The molecule has 0 saturated carbocycles. The van der Waals surface area contributed by atoms with E-state index in [2.05, 4.69) is 15.3 Å². The van der Waals surface area contributed by atoms with Crippen molar-refractivity contribution in [2.24, 2.45) is 5.92 Å². The number of aliphatic carboxylic acids is 1. The number of nitrogens with one attached hydrogen (secondary N) is 1. The van der Waals surface area contributed by atoms with Crippen LogP contribution < -0.4 is 5.32 Å². The predicted molar refractivity (Wildman–Crippen MR) is 81.2 cm³/mol. The highest BCUT2D eigenvalue weighted by Gasteiger charge is 2.15. The minimum absolute atomic E-state index is 0.0110. The number of nitrogens with zero attached hydrogens (tertiary/aromatic N) is 2. The van der Waals surface area contributed by atoms with E-state index in [4.69, 9.17) is 5.11 Å². The number of benzene rings is 1. The van der Waals surface area contributed by atoms with Gasteiger partial charge in [0, 0.05) is 24.7 Å². The summed E-state index contributed by atoms with van der Waals surface area (Å²) in [6, 6.07) is 9.36. The predicted octanol–water partition coefficient (Wildman–Crippen LogP) is 1.98. The fraction of sp³-hybridized carbons (Fsp3) is 0.250. The molecule has 1 heterocycles. The molecule has 6 nitrogen and oxygen atoms in total. The summed E-state index contributed by atoms with van der Waals surface area (Å²) >= 11 is 0. The largest absolute Gasteiger partial charge is 0.481 e. The molecule has 2 rings (SSSR count). The lowest BCUT2D eigenvalue weighted by atomic mass is 10.1. The van der Waals surface area contributed by atoms with Gasteiger partial charge < -0.3 is 10.4 Å². The summed E-state index contributed by atoms with van der Waals surface area (Å²) in [6.45, 7) is 2.06. The van der Waals surface area contributed by atoms with Gasteiger partial charge in [0.25, 0.3) is 5.91 Å². The van der Waals surface area contributed by atoms with Gasteiger partial charge in [0.05, 0.1) is 11.3 Å². The summed E-state index contributed by atoms with van der Waals surface area (Å²) in [6.07, 6.45) is 2.87. The fourth-order valence-electron chi connectivity index (χ4n) is 2.05. The van der Waals surface area contributed by atoms with Crippen molar-refractivity contribution in [2.45, 2.75) is 13.3 Å². The second kappa shape index (κ2) is 7.31. The van der Waals surface area contributed by atoms with E-state index in [0.717, 1.165) is 5.56 Å². The van der Waals surface area contributed by atoms with Gasteiger partial charge >= 0.3 is 5.97 Å². The van der Waals surface area contributed by atoms with Crippen molar-refractivity contribution in [2.75, 3.05) is 6.54 Å². The third-order valence-electron chi connectivity index (χ3n) is 3.14. The maximum Gasteiger partial charge on any atom is 0.303 e. The van der Waals surface area contributed by atoms with Gasteiger partial charge in [0.2, 0.25) is 0 Å². The van der Waals surface area contributed by atoms with Crippen LogP contribution in [0.25, 0.3) is 11.3 Å². The Morgan fingerprint density at radius 2 is 2.00 bits per heavy atom. The van der Waals surface area contributed by atoms with Gasteiger partial charge in [-0.2, -0.15) is 0 Å². The minimum atomic E-state index is -0.880. The fourth-order valence-corrected chi connectivity index (χ4v) is 2.05. The van der Waals surface area contributed by atoms with E-state index < -0.39 is 5.97 Å². The van der Waals surface area contributed by atoms with Crippen molar-refractivity contribution in [3.05, 3.63) is 48.4 Å². The van der Waals surface area contributed by atoms with E-state index in [0.29, 0.717) is 11.3 Å². The number of carbonyl (C=O) groups is 2. The lowest BCUT2D eigenvalue weighted by molar-refractivity contribution is -0.137. The van der Waals surface area contributed by atoms with E-state index in [-0.39, 0.29) is 24.8 Å². The maximum absolute atomic E-state index is 12.3. The van der Waals surface area contributed by atoms with E-state index in [1.54, 1.807) is 6.92 Å². The van der Waals surface area contributed by atoms with E-state index in [1.807, 2.05) is 30.3 Å². The number of rotatable bonds is 6. The molecule has 2 N–H and O–H groups in total. The van der Waals surface area contributed by atoms with Crippen molar-refractivity contribution < 1.29 is 14.7 Å². The summed E-state index contributed by atoms with van der Waals surface area (Å²) in [5.74, 6) is -1.34. The van der Waals surface area contributed by atoms with Crippen LogP contribution in [0.4, 0.5) is 0 Å². The Morgan fingerprint density at radius 3 is 2.68 bits per heavy atom. The number of amides is 1. The summed E-state index contributed by atoms with van der Waals surface area (Å²) in [5, 5.41) is 11.5. The van der Waals surface area contributed by atoms with Gasteiger partial charge in [-0.15, -0.1) is 0 Å². The Bertz CT molecular complexity index is 659. The monoisotopic (exact) mass is 299 g/mol. The van der Waals surface area contributed by atoms with Crippen molar-refractivity contribution in [1.82, 2.24) is 15.3 Å². The molecule has 22 heavy (non-hydrogen) atoms. The quantitative estimate of drug-likeness (QED) is 0.851. The molecule has 1 aromatic heterocycles. The molecule has 0 spiro atoms. The molecule has 0 fully saturated rings. The van der Waals surface area contributed by atoms with Gasteiger partial charge in [-0.1, -0.05) is 37.3 Å². The summed E-state index contributed by atoms with van der Waals surface area (Å²) < 4.78 is 0. The van der Waals surface area contributed by atoms with Crippen LogP contribution in [0.1, 0.15) is 23.7 Å². The molecule has 1 atom stereocenters. The first-order valence-electron chi connectivity index (χ1n) is 6.93. The Kier molecular flexibility index (Phi) is 5.19. The second-order valence-corrected chi connectivity index (χ2v) is 5.06. The zero-order valence-corrected chi connectivity index (χ0v) is 12.2. The number of hydrogen-bond acceptors (Lipinski definition) is 4. The molecule has 1 unspecified atom stereocenters. The first-order chi connectivity index (χ1) is 10.6. The normalized spacial score (nSPS) is 11.7. The second-order valence-electron chi connectivity index (χ2n) is 5.06. The molecule has 0 bridgehead atoms. The van der Waals surface area contributed by atoms with Gasteiger partial charge in [-0.25, -0.2) is 9.97 Å². The zero-order valence-electron chi connectivity index (χ0n) is 12.2. The Labute approximate surface area is 128 Å². The molecule has 6 heteroatoms. The lowest BCUT2D eigenvalue weighted by Crippen LogP contribution is -2.29. The van der Waals surface area contributed by atoms with Crippen LogP contribution in [0.2, 0.25) is 0 Å². The number of hydrogen-bond donors (Lipinski definition) is 2. The van der Waals surface area contributed by atoms with Crippen LogP contribution >= 0.6 is 0 Å². The van der Waals surface area contributed by atoms with E-state index in [9.17, 15) is 9.59 Å². The maximum atomic E-state index is 12.3. The summed E-state index contributed by atoms with van der Waals surface area (Å²) in [4.78, 5) is 31.0. The van der Waals surface area contributed by atoms with Crippen LogP contribution in [0.5, 0.6) is 0 Å². The molecule has 114 valence electrons. The van der Waals surface area contributed by atoms with Crippen LogP contribution in [-0.2, 0) is 4.79 Å². The summed E-state index contributed by atoms with van der Waals surface area (Å²) in [7, 11) is 0. The first kappa shape index (κ1) is 15.6. The van der Waals surface area contributed by atoms with Crippen molar-refractivity contribution in [1.29, 1.82) is 0 Å². The molecule has 1 amide bonds. The average molecular weight is 299 g/mol. The molecule has 2 aromatic rings. The van der Waals surface area contributed by atoms with Crippen molar-refractivity contribution in [3.63, 3.8) is 0 Å². The van der Waals surface area contributed by atoms with Gasteiger partial charge in [-0.05, 0) is 5.92 Å². The van der Waals surface area contributed by atoms with Crippen molar-refractivity contribution >= 4 is 11.9 Å². The number of carboxylic acid groups (broad SMARTS) is 1. The molecular formula is C16H17N3O3. The van der Waals surface area contributed by atoms with Crippen molar-refractivity contribution in [3.8, 4) is 11.3 Å². The van der Waals surface area contributed by atoms with Crippen LogP contribution in [0.15, 0.2) is 42.9 Å². The van der Waals surface area contributed by atoms with E-state index in [1.165, 1.54) is 12.5 Å². The van der Waals surface area contributed by atoms with Gasteiger partial charge in [-0.3, -0.25) is 9.59 Å². The molecule has 0 aliphatic rings. The van der Waals surface area contributed by atoms with E-state index >= 15 is 0 Å². The molecule has 0 aliphatic heterocycles. The molecule has 0 radical (unpaired) electrons. The average Bonchev–Trinajstić information content (AvgIpc) is 2.53. The van der Waals surface area contributed by atoms with Crippen LogP contribution in [0, 0.1) is 5.92 Å². The molecule has 1 aromatic carbocycles. The third kappa shape index (κ3) is 4.12.